The van der Waals surface area contributed by atoms with Gasteiger partial charge in [0.15, 0.2) is 5.82 Å². The smallest absolute Gasteiger partial charge is 0.205 e. The van der Waals surface area contributed by atoms with Gasteiger partial charge >= 0.3 is 0 Å². The molecule has 1 aliphatic carbocycles. The van der Waals surface area contributed by atoms with Crippen LogP contribution in [0.15, 0.2) is 30.3 Å². The number of nitrogens with zero attached hydrogens (tertiary/aromatic N) is 1. The van der Waals surface area contributed by atoms with Crippen molar-refractivity contribution in [3.8, 4) is 11.1 Å². The molecule has 1 aromatic heterocycles. The molecule has 1 nitrogen and oxygen atoms in total. The van der Waals surface area contributed by atoms with E-state index in [2.05, 4.69) is 24.0 Å². The van der Waals surface area contributed by atoms with Crippen LogP contribution in [0.3, 0.4) is 0 Å². The van der Waals surface area contributed by atoms with Crippen molar-refractivity contribution >= 4 is 11.6 Å². The van der Waals surface area contributed by atoms with Crippen LogP contribution in [0.1, 0.15) is 63.9 Å². The Kier molecular flexibility index (Phi) is 7.23. The Labute approximate surface area is 166 Å². The van der Waals surface area contributed by atoms with E-state index in [1.807, 2.05) is 12.1 Å². The molecule has 2 aromatic rings. The highest BCUT2D eigenvalue weighted by atomic mass is 35.5. The average Bonchev–Trinajstić information content (AvgIpc) is 2.69. The van der Waals surface area contributed by atoms with Crippen molar-refractivity contribution in [2.45, 2.75) is 64.7 Å². The van der Waals surface area contributed by atoms with Gasteiger partial charge in [-0.15, -0.1) is 0 Å². The molecule has 0 unspecified atom stereocenters. The van der Waals surface area contributed by atoms with Gasteiger partial charge in [0.2, 0.25) is 5.95 Å². The van der Waals surface area contributed by atoms with Crippen molar-refractivity contribution in [2.75, 3.05) is 0 Å². The molecule has 4 heteroatoms. The maximum atomic E-state index is 13.5. The predicted molar refractivity (Wildman–Crippen MR) is 108 cm³/mol. The zero-order valence-corrected chi connectivity index (χ0v) is 16.7. The first-order chi connectivity index (χ1) is 13.1. The Morgan fingerprint density at radius 1 is 1.00 bits per heavy atom. The summed E-state index contributed by atoms with van der Waals surface area (Å²) in [7, 11) is 0. The summed E-state index contributed by atoms with van der Waals surface area (Å²) in [6.45, 7) is 2.27. The minimum atomic E-state index is -1.16. The van der Waals surface area contributed by atoms with Gasteiger partial charge in [-0.05, 0) is 41.9 Å². The highest BCUT2D eigenvalue weighted by Gasteiger charge is 2.20. The van der Waals surface area contributed by atoms with Crippen LogP contribution in [0.4, 0.5) is 8.78 Å². The van der Waals surface area contributed by atoms with Gasteiger partial charge in [-0.2, -0.15) is 4.39 Å². The number of pyridine rings is 1. The van der Waals surface area contributed by atoms with Crippen molar-refractivity contribution in [1.29, 1.82) is 0 Å². The summed E-state index contributed by atoms with van der Waals surface area (Å²) in [6.07, 6.45) is 11.9. The first-order valence-electron chi connectivity index (χ1n) is 10.2. The minimum Gasteiger partial charge on any atom is -0.205 e. The molecule has 0 bridgehead atoms. The van der Waals surface area contributed by atoms with Gasteiger partial charge in [0, 0.05) is 5.56 Å². The molecule has 1 fully saturated rings. The number of unbranched alkanes of at least 4 members (excludes halogenated alkanes) is 1. The fourth-order valence-electron chi connectivity index (χ4n) is 4.17. The van der Waals surface area contributed by atoms with E-state index in [9.17, 15) is 8.78 Å². The van der Waals surface area contributed by atoms with Gasteiger partial charge in [-0.3, -0.25) is 0 Å². The van der Waals surface area contributed by atoms with Crippen LogP contribution in [-0.4, -0.2) is 4.98 Å². The summed E-state index contributed by atoms with van der Waals surface area (Å²) < 4.78 is 26.6. The van der Waals surface area contributed by atoms with E-state index in [1.165, 1.54) is 56.9 Å². The third-order valence-electron chi connectivity index (χ3n) is 5.93. The number of aromatic nitrogens is 1. The highest BCUT2D eigenvalue weighted by molar-refractivity contribution is 6.32. The molecular weight excluding hydrogens is 364 g/mol. The molecule has 1 heterocycles. The first-order valence-corrected chi connectivity index (χ1v) is 10.6. The van der Waals surface area contributed by atoms with Gasteiger partial charge in [-0.1, -0.05) is 87.7 Å². The Morgan fingerprint density at radius 2 is 1.63 bits per heavy atom. The van der Waals surface area contributed by atoms with Crippen LogP contribution in [0.5, 0.6) is 0 Å². The zero-order chi connectivity index (χ0) is 19.2. The Hall–Kier alpha value is -1.48. The third-order valence-corrected chi connectivity index (χ3v) is 6.21. The standard InChI is InChI=1S/C23H28ClF2N/c1-2-3-4-16-5-7-17(8-6-16)9-10-18-11-13-19(14-12-18)20-15-21(25)23(26)27-22(20)24/h11-17H,2-10H2,1H3. The Morgan fingerprint density at radius 3 is 2.26 bits per heavy atom. The molecule has 0 amide bonds. The number of halogens is 3. The largest absolute Gasteiger partial charge is 0.250 e. The zero-order valence-electron chi connectivity index (χ0n) is 16.0. The fourth-order valence-corrected chi connectivity index (χ4v) is 4.41. The monoisotopic (exact) mass is 391 g/mol. The van der Waals surface area contributed by atoms with Gasteiger partial charge in [0.1, 0.15) is 5.15 Å². The van der Waals surface area contributed by atoms with Crippen molar-refractivity contribution < 1.29 is 8.78 Å². The predicted octanol–water partition coefficient (Wildman–Crippen LogP) is 7.61. The molecule has 0 radical (unpaired) electrons. The molecule has 3 rings (SSSR count). The second-order valence-corrected chi connectivity index (χ2v) is 8.22. The summed E-state index contributed by atoms with van der Waals surface area (Å²) in [5, 5.41) is -0.0125. The molecule has 0 saturated heterocycles. The summed E-state index contributed by atoms with van der Waals surface area (Å²) in [6, 6.07) is 9.05. The maximum Gasteiger partial charge on any atom is 0.250 e. The number of aryl methyl sites for hydroxylation is 1. The van der Waals surface area contributed by atoms with Gasteiger partial charge in [0.25, 0.3) is 0 Å². The topological polar surface area (TPSA) is 12.9 Å². The molecular formula is C23H28ClF2N. The first kappa shape index (κ1) is 20.3. The molecule has 1 saturated carbocycles. The number of rotatable bonds is 7. The second kappa shape index (κ2) is 9.64. The van der Waals surface area contributed by atoms with E-state index >= 15 is 0 Å². The van der Waals surface area contributed by atoms with Gasteiger partial charge in [0.05, 0.1) is 0 Å². The number of benzene rings is 1. The van der Waals surface area contributed by atoms with E-state index in [1.54, 1.807) is 0 Å². The van der Waals surface area contributed by atoms with Crippen LogP contribution in [0.2, 0.25) is 5.15 Å². The lowest BCUT2D eigenvalue weighted by Gasteiger charge is -2.28. The summed E-state index contributed by atoms with van der Waals surface area (Å²) in [5.74, 6) is -0.347. The van der Waals surface area contributed by atoms with Crippen molar-refractivity contribution in [2.24, 2.45) is 11.8 Å². The molecule has 0 atom stereocenters. The molecule has 1 aliphatic rings. The molecule has 27 heavy (non-hydrogen) atoms. The number of hydrogen-bond acceptors (Lipinski definition) is 1. The summed E-state index contributed by atoms with van der Waals surface area (Å²) in [4.78, 5) is 3.42. The number of hydrogen-bond donors (Lipinski definition) is 0. The summed E-state index contributed by atoms with van der Waals surface area (Å²) in [5.41, 5.74) is 2.46. The Bertz CT molecular complexity index is 737. The lowest BCUT2D eigenvalue weighted by Crippen LogP contribution is -2.15. The minimum absolute atomic E-state index is 0.0125. The normalized spacial score (nSPS) is 20.0. The molecule has 0 spiro atoms. The SMILES string of the molecule is CCCCC1CCC(CCc2ccc(-c3cc(F)c(F)nc3Cl)cc2)CC1. The van der Waals surface area contributed by atoms with Crippen LogP contribution in [0, 0.1) is 23.6 Å². The van der Waals surface area contributed by atoms with Gasteiger partial charge in [-0.25, -0.2) is 9.37 Å². The average molecular weight is 392 g/mol. The quantitative estimate of drug-likeness (QED) is 0.442. The molecule has 146 valence electrons. The third kappa shape index (κ3) is 5.51. The highest BCUT2D eigenvalue weighted by Crippen LogP contribution is 2.34. The van der Waals surface area contributed by atoms with Crippen molar-refractivity contribution in [1.82, 2.24) is 4.98 Å². The fraction of sp³-hybridized carbons (Fsp3) is 0.522. The lowest BCUT2D eigenvalue weighted by molar-refractivity contribution is 0.250. The van der Waals surface area contributed by atoms with E-state index in [4.69, 9.17) is 11.6 Å². The molecule has 0 N–H and O–H groups in total. The van der Waals surface area contributed by atoms with Crippen LogP contribution in [0.25, 0.3) is 11.1 Å². The summed E-state index contributed by atoms with van der Waals surface area (Å²) >= 11 is 5.96. The van der Waals surface area contributed by atoms with Crippen molar-refractivity contribution in [3.63, 3.8) is 0 Å². The van der Waals surface area contributed by atoms with Crippen molar-refractivity contribution in [3.05, 3.63) is 52.8 Å². The molecule has 1 aromatic carbocycles. The Balaban J connectivity index is 1.52. The molecule has 0 aliphatic heterocycles. The van der Waals surface area contributed by atoms with E-state index in [0.717, 1.165) is 29.9 Å². The van der Waals surface area contributed by atoms with Gasteiger partial charge < -0.3 is 0 Å². The van der Waals surface area contributed by atoms with E-state index in [-0.39, 0.29) is 5.15 Å². The van der Waals surface area contributed by atoms with Crippen LogP contribution >= 0.6 is 11.6 Å². The van der Waals surface area contributed by atoms with E-state index < -0.39 is 11.8 Å². The maximum absolute atomic E-state index is 13.5. The lowest BCUT2D eigenvalue weighted by atomic mass is 9.78. The van der Waals surface area contributed by atoms with E-state index in [0.29, 0.717) is 5.56 Å². The van der Waals surface area contributed by atoms with Crippen LogP contribution in [-0.2, 0) is 6.42 Å². The van der Waals surface area contributed by atoms with Crippen LogP contribution < -0.4 is 0 Å². The second-order valence-electron chi connectivity index (χ2n) is 7.86.